The molecule has 0 spiro atoms. The molecule has 128 valence electrons. The maximum absolute atomic E-state index is 14.1. The van der Waals surface area contributed by atoms with Crippen LogP contribution in [-0.4, -0.2) is 42.1 Å². The molecule has 3 fully saturated rings. The topological polar surface area (TPSA) is 75.7 Å². The highest BCUT2D eigenvalue weighted by Gasteiger charge is 2.72. The highest BCUT2D eigenvalue weighted by Crippen LogP contribution is 2.61. The minimum absolute atomic E-state index is 0.195. The van der Waals surface area contributed by atoms with Gasteiger partial charge < -0.3 is 14.0 Å². The smallest absolute Gasteiger partial charge is 0.396 e. The van der Waals surface area contributed by atoms with E-state index in [9.17, 15) is 30.5 Å². The lowest BCUT2D eigenvalue weighted by atomic mass is 9.81. The molecular formula is C12H15F4O5S-. The van der Waals surface area contributed by atoms with Crippen LogP contribution in [0.1, 0.15) is 26.7 Å². The van der Waals surface area contributed by atoms with E-state index in [-0.39, 0.29) is 12.8 Å². The van der Waals surface area contributed by atoms with Gasteiger partial charge in [-0.1, -0.05) is 0 Å². The van der Waals surface area contributed by atoms with Crippen molar-refractivity contribution in [3.63, 3.8) is 0 Å². The van der Waals surface area contributed by atoms with Crippen LogP contribution in [0.25, 0.3) is 0 Å². The molecule has 5 nitrogen and oxygen atoms in total. The maximum atomic E-state index is 14.1. The third kappa shape index (κ3) is 2.03. The molecule has 1 aliphatic heterocycles. The van der Waals surface area contributed by atoms with Crippen molar-refractivity contribution in [3.8, 4) is 0 Å². The number of halogens is 4. The van der Waals surface area contributed by atoms with Gasteiger partial charge in [0.05, 0.1) is 12.2 Å². The zero-order valence-corrected chi connectivity index (χ0v) is 12.6. The number of alkyl halides is 4. The summed E-state index contributed by atoms with van der Waals surface area (Å²) >= 11 is 0. The first-order chi connectivity index (χ1) is 9.78. The summed E-state index contributed by atoms with van der Waals surface area (Å²) in [5.74, 6) is -9.22. The zero-order chi connectivity index (χ0) is 16.7. The molecule has 3 aliphatic rings. The maximum Gasteiger partial charge on any atom is 0.396 e. The van der Waals surface area contributed by atoms with Crippen LogP contribution in [0.5, 0.6) is 0 Å². The van der Waals surface area contributed by atoms with Gasteiger partial charge in [-0.2, -0.15) is 17.6 Å². The first-order valence-electron chi connectivity index (χ1n) is 6.84. The number of fused-ring (bicyclic) bond motifs is 5. The molecule has 1 saturated heterocycles. The lowest BCUT2D eigenvalue weighted by Crippen LogP contribution is -2.55. The van der Waals surface area contributed by atoms with E-state index < -0.39 is 57.0 Å². The Bertz CT molecular complexity index is 590. The van der Waals surface area contributed by atoms with Gasteiger partial charge in [0, 0.05) is 5.92 Å². The molecule has 22 heavy (non-hydrogen) atoms. The largest absolute Gasteiger partial charge is 0.743 e. The number of rotatable bonds is 3. The van der Waals surface area contributed by atoms with Crippen LogP contribution < -0.4 is 0 Å². The minimum Gasteiger partial charge on any atom is -0.743 e. The van der Waals surface area contributed by atoms with Crippen molar-refractivity contribution in [2.75, 3.05) is 0 Å². The first-order valence-corrected chi connectivity index (χ1v) is 8.25. The quantitative estimate of drug-likeness (QED) is 0.576. The molecule has 1 heterocycles. The highest BCUT2D eigenvalue weighted by atomic mass is 32.2. The molecule has 2 saturated carbocycles. The molecule has 5 atom stereocenters. The third-order valence-electron chi connectivity index (χ3n) is 4.87. The average Bonchev–Trinajstić information content (AvgIpc) is 2.94. The second kappa shape index (κ2) is 4.34. The van der Waals surface area contributed by atoms with Crippen molar-refractivity contribution in [1.82, 2.24) is 0 Å². The summed E-state index contributed by atoms with van der Waals surface area (Å²) in [5.41, 5.74) is 0. The second-order valence-corrected chi connectivity index (χ2v) is 8.08. The monoisotopic (exact) mass is 347 g/mol. The normalized spacial score (nSPS) is 41.0. The van der Waals surface area contributed by atoms with Crippen LogP contribution in [-0.2, 0) is 19.6 Å². The van der Waals surface area contributed by atoms with Gasteiger partial charge in [0.25, 0.3) is 0 Å². The van der Waals surface area contributed by atoms with Gasteiger partial charge in [-0.05, 0) is 38.5 Å². The predicted molar refractivity (Wildman–Crippen MR) is 63.1 cm³/mol. The Morgan fingerprint density at radius 3 is 2.18 bits per heavy atom. The Kier molecular flexibility index (Phi) is 3.24. The Labute approximate surface area is 124 Å². The Hall–Kier alpha value is -0.450. The van der Waals surface area contributed by atoms with Crippen LogP contribution >= 0.6 is 0 Å². The van der Waals surface area contributed by atoms with Crippen molar-refractivity contribution in [2.24, 2.45) is 17.8 Å². The van der Waals surface area contributed by atoms with Gasteiger partial charge in [-0.25, -0.2) is 8.42 Å². The van der Waals surface area contributed by atoms with E-state index in [1.54, 1.807) is 13.8 Å². The molecule has 0 N–H and O–H groups in total. The highest BCUT2D eigenvalue weighted by molar-refractivity contribution is 7.86. The number of ether oxygens (including phenoxy) is 2. The van der Waals surface area contributed by atoms with Gasteiger partial charge >= 0.3 is 11.2 Å². The Morgan fingerprint density at radius 2 is 1.64 bits per heavy atom. The fourth-order valence-corrected chi connectivity index (χ4v) is 4.54. The van der Waals surface area contributed by atoms with E-state index in [0.29, 0.717) is 0 Å². The van der Waals surface area contributed by atoms with Gasteiger partial charge in [-0.3, -0.25) is 0 Å². The Morgan fingerprint density at radius 1 is 1.09 bits per heavy atom. The van der Waals surface area contributed by atoms with Gasteiger partial charge in [-0.15, -0.1) is 0 Å². The summed E-state index contributed by atoms with van der Waals surface area (Å²) in [6.45, 7) is 3.18. The molecule has 0 amide bonds. The number of hydrogen-bond donors (Lipinski definition) is 0. The van der Waals surface area contributed by atoms with E-state index >= 15 is 0 Å². The Balaban J connectivity index is 1.90. The predicted octanol–water partition coefficient (Wildman–Crippen LogP) is 1.94. The van der Waals surface area contributed by atoms with Crippen LogP contribution in [0.15, 0.2) is 0 Å². The molecule has 0 aromatic carbocycles. The van der Waals surface area contributed by atoms with E-state index in [4.69, 9.17) is 9.47 Å². The van der Waals surface area contributed by atoms with E-state index in [1.165, 1.54) is 0 Å². The molecule has 2 bridgehead atoms. The van der Waals surface area contributed by atoms with Gasteiger partial charge in [0.1, 0.15) is 0 Å². The second-order valence-electron chi connectivity index (χ2n) is 6.66. The SMILES string of the molecule is CC1(C)OC2C3CC(C2O1)C(C(F)(F)C(F)(F)S(=O)(=O)[O-])C3. The summed E-state index contributed by atoms with van der Waals surface area (Å²) in [7, 11) is -6.46. The van der Waals surface area contributed by atoms with Crippen molar-refractivity contribution < 1.29 is 40.0 Å². The summed E-state index contributed by atoms with van der Waals surface area (Å²) in [6.07, 6.45) is -1.36. The van der Waals surface area contributed by atoms with Gasteiger partial charge in [0.15, 0.2) is 15.9 Å². The van der Waals surface area contributed by atoms with E-state index in [2.05, 4.69) is 0 Å². The third-order valence-corrected chi connectivity index (χ3v) is 5.77. The van der Waals surface area contributed by atoms with E-state index in [0.717, 1.165) is 0 Å². The molecular weight excluding hydrogens is 332 g/mol. The van der Waals surface area contributed by atoms with Crippen molar-refractivity contribution >= 4 is 10.1 Å². The van der Waals surface area contributed by atoms with Crippen molar-refractivity contribution in [2.45, 2.75) is 55.9 Å². The molecule has 10 heteroatoms. The molecule has 0 aromatic heterocycles. The van der Waals surface area contributed by atoms with Crippen LogP contribution in [0, 0.1) is 17.8 Å². The lowest BCUT2D eigenvalue weighted by Gasteiger charge is -2.38. The van der Waals surface area contributed by atoms with Gasteiger partial charge in [0.2, 0.25) is 0 Å². The molecule has 3 rings (SSSR count). The summed E-state index contributed by atoms with van der Waals surface area (Å²) in [6, 6.07) is 0. The summed E-state index contributed by atoms with van der Waals surface area (Å²) in [4.78, 5) is 0. The van der Waals surface area contributed by atoms with Crippen LogP contribution in [0.2, 0.25) is 0 Å². The minimum atomic E-state index is -6.46. The summed E-state index contributed by atoms with van der Waals surface area (Å²) in [5, 5.41) is -5.64. The lowest BCUT2D eigenvalue weighted by molar-refractivity contribution is -0.212. The van der Waals surface area contributed by atoms with E-state index in [1.807, 2.05) is 0 Å². The first kappa shape index (κ1) is 16.4. The molecule has 0 radical (unpaired) electrons. The fraction of sp³-hybridized carbons (Fsp3) is 1.00. The van der Waals surface area contributed by atoms with Crippen molar-refractivity contribution in [3.05, 3.63) is 0 Å². The van der Waals surface area contributed by atoms with Crippen LogP contribution in [0.4, 0.5) is 17.6 Å². The van der Waals surface area contributed by atoms with Crippen LogP contribution in [0.3, 0.4) is 0 Å². The van der Waals surface area contributed by atoms with Crippen molar-refractivity contribution in [1.29, 1.82) is 0 Å². The number of hydrogen-bond acceptors (Lipinski definition) is 5. The standard InChI is InChI=1S/C12H16F4O5S/c1-10(2)20-8-5-3-6(9(8)21-10)7(4-5)11(13,14)12(15,16)22(17,18)19/h5-9H,3-4H2,1-2H3,(H,17,18,19)/p-1. The molecule has 5 unspecified atom stereocenters. The molecule has 0 aromatic rings. The fourth-order valence-electron chi connectivity index (χ4n) is 4.05. The molecule has 2 aliphatic carbocycles. The zero-order valence-electron chi connectivity index (χ0n) is 11.8. The summed E-state index contributed by atoms with van der Waals surface area (Å²) < 4.78 is 97.8. The average molecular weight is 347 g/mol.